The monoisotopic (exact) mass is 529 g/mol. The molecule has 0 atom stereocenters. The average molecular weight is 530 g/mol. The molecule has 3 heterocycles. The van der Waals surface area contributed by atoms with E-state index in [1.807, 2.05) is 28.8 Å². The molecule has 5 rings (SSSR count). The highest BCUT2D eigenvalue weighted by atomic mass is 35.5. The molecular weight excluding hydrogens is 502 g/mol. The van der Waals surface area contributed by atoms with Gasteiger partial charge in [-0.25, -0.2) is 4.79 Å². The lowest BCUT2D eigenvalue weighted by molar-refractivity contribution is -0.225. The van der Waals surface area contributed by atoms with Crippen LogP contribution in [0.1, 0.15) is 36.8 Å². The van der Waals surface area contributed by atoms with Crippen LogP contribution in [0, 0.1) is 0 Å². The molecule has 2 aliphatic heterocycles. The molecule has 2 aliphatic rings. The zero-order valence-corrected chi connectivity index (χ0v) is 21.6. The number of esters is 2. The first-order chi connectivity index (χ1) is 17.4. The quantitative estimate of drug-likeness (QED) is 0.295. The number of ether oxygens (including phenoxy) is 2. The van der Waals surface area contributed by atoms with Gasteiger partial charge in [0.1, 0.15) is 0 Å². The largest absolute Gasteiger partial charge is 0.416 e. The number of thioether (sulfide) groups is 1. The van der Waals surface area contributed by atoms with Crippen molar-refractivity contribution >= 4 is 46.3 Å². The number of halogens is 1. The lowest BCUT2D eigenvalue weighted by atomic mass is 9.98. The van der Waals surface area contributed by atoms with E-state index in [9.17, 15) is 14.4 Å². The minimum atomic E-state index is -1.48. The number of nitrogens with zero attached hydrogens (tertiary/aromatic N) is 2. The van der Waals surface area contributed by atoms with Crippen molar-refractivity contribution in [3.63, 3.8) is 0 Å². The van der Waals surface area contributed by atoms with Crippen LogP contribution in [0.2, 0.25) is 5.02 Å². The van der Waals surface area contributed by atoms with E-state index in [-0.39, 0.29) is 25.1 Å². The van der Waals surface area contributed by atoms with E-state index in [1.165, 1.54) is 0 Å². The number of para-hydroxylation sites is 2. The highest BCUT2D eigenvalue weighted by Crippen LogP contribution is 2.41. The van der Waals surface area contributed by atoms with Crippen molar-refractivity contribution in [2.75, 3.05) is 18.8 Å². The Balaban J connectivity index is 1.32. The van der Waals surface area contributed by atoms with Crippen LogP contribution in [0.15, 0.2) is 46.1 Å². The Morgan fingerprint density at radius 3 is 2.47 bits per heavy atom. The zero-order valence-electron chi connectivity index (χ0n) is 20.0. The average Bonchev–Trinajstić information content (AvgIpc) is 2.99. The summed E-state index contributed by atoms with van der Waals surface area (Å²) < 4.78 is 14.9. The Kier molecular flexibility index (Phi) is 7.14. The molecular formula is C26H28ClN3O5S. The molecule has 1 fully saturated rings. The Morgan fingerprint density at radius 2 is 1.72 bits per heavy atom. The number of aromatic nitrogens is 2. The Bertz CT molecular complexity index is 1360. The summed E-state index contributed by atoms with van der Waals surface area (Å²) in [5.41, 5.74) is 3.47. The van der Waals surface area contributed by atoms with Crippen LogP contribution in [0.5, 0.6) is 0 Å². The van der Waals surface area contributed by atoms with Gasteiger partial charge in [0.15, 0.2) is 0 Å². The molecule has 1 N–H and O–H groups in total. The summed E-state index contributed by atoms with van der Waals surface area (Å²) in [7, 11) is 1.80. The van der Waals surface area contributed by atoms with E-state index in [0.29, 0.717) is 30.1 Å². The number of fused-ring (bicyclic) bond motifs is 3. The second-order valence-corrected chi connectivity index (χ2v) is 10.6. The van der Waals surface area contributed by atoms with Crippen molar-refractivity contribution in [3.05, 3.63) is 63.0 Å². The number of aryl methyl sites for hydroxylation is 2. The molecule has 1 saturated heterocycles. The minimum Gasteiger partial charge on any atom is -0.416 e. The molecule has 0 saturated carbocycles. The highest BCUT2D eigenvalue weighted by molar-refractivity contribution is 7.99. The maximum absolute atomic E-state index is 12.7. The topological polar surface area (TPSA) is 91.6 Å². The summed E-state index contributed by atoms with van der Waals surface area (Å²) in [6, 6.07) is 11.4. The summed E-state index contributed by atoms with van der Waals surface area (Å²) in [5.74, 6) is -1.59. The molecule has 10 heteroatoms. The predicted molar refractivity (Wildman–Crippen MR) is 138 cm³/mol. The fourth-order valence-electron chi connectivity index (χ4n) is 4.92. The summed E-state index contributed by atoms with van der Waals surface area (Å²) in [5, 5.41) is 3.86. The van der Waals surface area contributed by atoms with Crippen molar-refractivity contribution in [2.45, 2.75) is 49.3 Å². The van der Waals surface area contributed by atoms with Crippen LogP contribution >= 0.6 is 23.4 Å². The number of carbonyl (C=O) groups excluding carboxylic acids is 2. The predicted octanol–water partition coefficient (Wildman–Crippen LogP) is 3.74. The smallest absolute Gasteiger partial charge is 0.328 e. The first-order valence-corrected chi connectivity index (χ1v) is 13.5. The van der Waals surface area contributed by atoms with E-state index in [0.717, 1.165) is 40.1 Å². The Labute approximate surface area is 217 Å². The van der Waals surface area contributed by atoms with Gasteiger partial charge in [0, 0.05) is 24.1 Å². The molecule has 0 radical (unpaired) electrons. The molecule has 0 bridgehead atoms. The van der Waals surface area contributed by atoms with Gasteiger partial charge in [0.05, 0.1) is 35.4 Å². The van der Waals surface area contributed by atoms with Gasteiger partial charge in [-0.1, -0.05) is 23.7 Å². The number of hydrogen-bond donors (Lipinski definition) is 1. The summed E-state index contributed by atoms with van der Waals surface area (Å²) in [6.07, 6.45) is 2.40. The number of hydrogen-bond acceptors (Lipinski definition) is 7. The molecule has 0 amide bonds. The van der Waals surface area contributed by atoms with Gasteiger partial charge >= 0.3 is 17.6 Å². The van der Waals surface area contributed by atoms with Crippen LogP contribution in [0.25, 0.3) is 11.0 Å². The van der Waals surface area contributed by atoms with Crippen LogP contribution in [-0.4, -0.2) is 39.9 Å². The third-order valence-electron chi connectivity index (χ3n) is 6.70. The van der Waals surface area contributed by atoms with Gasteiger partial charge in [0.25, 0.3) is 5.79 Å². The lowest BCUT2D eigenvalue weighted by Gasteiger charge is -2.32. The fourth-order valence-corrected chi connectivity index (χ4v) is 6.41. The van der Waals surface area contributed by atoms with E-state index >= 15 is 0 Å². The molecule has 2 aromatic carbocycles. The lowest BCUT2D eigenvalue weighted by Crippen LogP contribution is -2.43. The van der Waals surface area contributed by atoms with Gasteiger partial charge in [-0.15, -0.1) is 11.8 Å². The minimum absolute atomic E-state index is 0.00486. The number of nitrogens with one attached hydrogen (secondary N) is 1. The third-order valence-corrected chi connectivity index (χ3v) is 8.37. The molecule has 1 aromatic heterocycles. The van der Waals surface area contributed by atoms with Crippen molar-refractivity contribution in [2.24, 2.45) is 7.05 Å². The second-order valence-electron chi connectivity index (χ2n) is 9.07. The third kappa shape index (κ3) is 4.67. The molecule has 0 aliphatic carbocycles. The summed E-state index contributed by atoms with van der Waals surface area (Å²) in [4.78, 5) is 38.2. The van der Waals surface area contributed by atoms with E-state index in [4.69, 9.17) is 21.1 Å². The molecule has 8 nitrogen and oxygen atoms in total. The van der Waals surface area contributed by atoms with Gasteiger partial charge in [-0.05, 0) is 61.4 Å². The Hall–Kier alpha value is -2.75. The van der Waals surface area contributed by atoms with Gasteiger partial charge < -0.3 is 14.8 Å². The van der Waals surface area contributed by atoms with Crippen LogP contribution in [0.3, 0.4) is 0 Å². The number of rotatable bonds is 6. The first-order valence-electron chi connectivity index (χ1n) is 12.1. The number of imidazole rings is 1. The fraction of sp³-hybridized carbons (Fsp3) is 0.423. The standard InChI is InChI=1S/C26H28ClN3O5S/c1-29-20-6-2-3-7-21(20)30(25(29)33)14-4-5-15-36-24-17-12-13-28-16-26(18(17)8-9-19(24)27)34-22(31)10-11-23(32)35-26/h2-3,6-9,28H,4-5,10-16H2,1H3. The Morgan fingerprint density at radius 1 is 1.00 bits per heavy atom. The molecule has 1 spiro atoms. The van der Waals surface area contributed by atoms with Crippen LogP contribution < -0.4 is 11.0 Å². The zero-order chi connectivity index (χ0) is 25.3. The summed E-state index contributed by atoms with van der Waals surface area (Å²) in [6.45, 7) is 1.48. The summed E-state index contributed by atoms with van der Waals surface area (Å²) >= 11 is 8.26. The second kappa shape index (κ2) is 10.3. The van der Waals surface area contributed by atoms with Gasteiger partial charge in [-0.3, -0.25) is 18.7 Å². The number of unbranched alkanes of at least 4 members (excludes halogenated alkanes) is 1. The number of carbonyl (C=O) groups is 2. The van der Waals surface area contributed by atoms with E-state index in [2.05, 4.69) is 5.32 Å². The van der Waals surface area contributed by atoms with Gasteiger partial charge in [0.2, 0.25) is 0 Å². The van der Waals surface area contributed by atoms with Crippen molar-refractivity contribution in [1.82, 2.24) is 14.5 Å². The molecule has 190 valence electrons. The van der Waals surface area contributed by atoms with Crippen molar-refractivity contribution in [1.29, 1.82) is 0 Å². The SMILES string of the molecule is Cn1c(=O)n(CCCCSc2c(Cl)ccc3c2CCNCC32OC(=O)CCC(=O)O2)c2ccccc21. The van der Waals surface area contributed by atoms with Crippen LogP contribution in [-0.2, 0) is 44.9 Å². The number of benzene rings is 2. The van der Waals surface area contributed by atoms with Crippen LogP contribution in [0.4, 0.5) is 0 Å². The van der Waals surface area contributed by atoms with Crippen molar-refractivity contribution in [3.8, 4) is 0 Å². The van der Waals surface area contributed by atoms with E-state index in [1.54, 1.807) is 35.5 Å². The van der Waals surface area contributed by atoms with Gasteiger partial charge in [-0.2, -0.15) is 0 Å². The molecule has 0 unspecified atom stereocenters. The highest BCUT2D eigenvalue weighted by Gasteiger charge is 2.45. The normalized spacial score (nSPS) is 17.4. The maximum Gasteiger partial charge on any atom is 0.328 e. The molecule has 3 aromatic rings. The maximum atomic E-state index is 12.7. The van der Waals surface area contributed by atoms with Crippen molar-refractivity contribution < 1.29 is 19.1 Å². The first kappa shape index (κ1) is 24.9. The van der Waals surface area contributed by atoms with E-state index < -0.39 is 17.7 Å². The molecule has 36 heavy (non-hydrogen) atoms.